The van der Waals surface area contributed by atoms with Gasteiger partial charge in [0, 0.05) is 23.6 Å². The van der Waals surface area contributed by atoms with E-state index in [0.717, 1.165) is 22.7 Å². The average Bonchev–Trinajstić information content (AvgIpc) is 3.32. The molecule has 0 bridgehead atoms. The van der Waals surface area contributed by atoms with Gasteiger partial charge in [0.25, 0.3) is 0 Å². The Hall–Kier alpha value is -3.22. The molecule has 4 aromatic rings. The lowest BCUT2D eigenvalue weighted by Gasteiger charge is -2.14. The molecule has 3 aromatic heterocycles. The van der Waals surface area contributed by atoms with Gasteiger partial charge in [-0.05, 0) is 6.92 Å². The number of aromatic nitrogens is 5. The van der Waals surface area contributed by atoms with Gasteiger partial charge >= 0.3 is 0 Å². The molecule has 0 fully saturated rings. The Morgan fingerprint density at radius 1 is 1.04 bits per heavy atom. The molecule has 0 saturated heterocycles. The van der Waals surface area contributed by atoms with E-state index < -0.39 is 0 Å². The third kappa shape index (κ3) is 3.03. The van der Waals surface area contributed by atoms with E-state index in [4.69, 9.17) is 4.52 Å². The maximum atomic E-state index is 5.40. The van der Waals surface area contributed by atoms with E-state index >= 15 is 0 Å². The molecule has 1 N–H and O–H groups in total. The first-order valence-corrected chi connectivity index (χ1v) is 8.62. The highest BCUT2D eigenvalue weighted by Crippen LogP contribution is 2.25. The largest absolute Gasteiger partial charge is 0.358 e. The molecule has 26 heavy (non-hydrogen) atoms. The number of nitrogens with one attached hydrogen (secondary N) is 1. The lowest BCUT2D eigenvalue weighted by molar-refractivity contribution is 0.361. The van der Waals surface area contributed by atoms with Gasteiger partial charge < -0.3 is 9.84 Å². The molecule has 0 aliphatic rings. The third-order valence-corrected chi connectivity index (χ3v) is 4.14. The zero-order valence-corrected chi connectivity index (χ0v) is 14.9. The van der Waals surface area contributed by atoms with Crippen molar-refractivity contribution in [2.45, 2.75) is 32.7 Å². The summed E-state index contributed by atoms with van der Waals surface area (Å²) >= 11 is 0. The van der Waals surface area contributed by atoms with Crippen molar-refractivity contribution in [1.29, 1.82) is 0 Å². The van der Waals surface area contributed by atoms with Crippen LogP contribution in [0.3, 0.4) is 0 Å². The minimum absolute atomic E-state index is 0.159. The summed E-state index contributed by atoms with van der Waals surface area (Å²) in [5.74, 6) is 2.29. The van der Waals surface area contributed by atoms with Crippen LogP contribution in [0.25, 0.3) is 16.9 Å². The van der Waals surface area contributed by atoms with E-state index in [2.05, 4.69) is 25.5 Å². The lowest BCUT2D eigenvalue weighted by Crippen LogP contribution is -2.11. The minimum Gasteiger partial charge on any atom is -0.358 e. The molecular weight excluding hydrogens is 328 g/mol. The summed E-state index contributed by atoms with van der Waals surface area (Å²) in [5, 5.41) is 11.8. The molecule has 0 aliphatic carbocycles. The Kier molecular flexibility index (Phi) is 4.12. The number of hydrogen-bond acceptors (Lipinski definition) is 6. The van der Waals surface area contributed by atoms with E-state index in [1.807, 2.05) is 63.2 Å². The standard InChI is InChI=1S/C19H20N6O/c1-12(2)18-23-19(26-24-18)13(3)21-17-11-15(14-7-5-4-6-8-14)22-16-9-10-20-25(16)17/h4-13,21H,1-3H3/t13-/m1/s1. The van der Waals surface area contributed by atoms with Crippen molar-refractivity contribution in [3.8, 4) is 11.3 Å². The average molecular weight is 348 g/mol. The summed E-state index contributed by atoms with van der Waals surface area (Å²) in [6.45, 7) is 6.06. The van der Waals surface area contributed by atoms with Crippen molar-refractivity contribution < 1.29 is 4.52 Å². The molecule has 1 atom stereocenters. The van der Waals surface area contributed by atoms with Crippen LogP contribution in [0.15, 0.2) is 53.2 Å². The summed E-state index contributed by atoms with van der Waals surface area (Å²) in [7, 11) is 0. The highest BCUT2D eigenvalue weighted by atomic mass is 16.5. The molecule has 0 radical (unpaired) electrons. The van der Waals surface area contributed by atoms with E-state index in [1.165, 1.54) is 0 Å². The molecule has 0 amide bonds. The summed E-state index contributed by atoms with van der Waals surface area (Å²) in [5.41, 5.74) is 2.70. The molecule has 0 unspecified atom stereocenters. The maximum Gasteiger partial charge on any atom is 0.248 e. The van der Waals surface area contributed by atoms with Crippen LogP contribution in [0, 0.1) is 0 Å². The molecule has 7 heteroatoms. The Bertz CT molecular complexity index is 1020. The normalized spacial score (nSPS) is 12.6. The van der Waals surface area contributed by atoms with Gasteiger partial charge in [-0.15, -0.1) is 0 Å². The monoisotopic (exact) mass is 348 g/mol. The van der Waals surface area contributed by atoms with Crippen molar-refractivity contribution in [1.82, 2.24) is 24.7 Å². The molecule has 0 spiro atoms. The molecule has 132 valence electrons. The number of fused-ring (bicyclic) bond motifs is 1. The second-order valence-electron chi connectivity index (χ2n) is 6.51. The SMILES string of the molecule is CC(C)c1noc([C@@H](C)Nc2cc(-c3ccccc3)nc3ccnn23)n1. The molecule has 1 aromatic carbocycles. The smallest absolute Gasteiger partial charge is 0.248 e. The Morgan fingerprint density at radius 2 is 1.85 bits per heavy atom. The minimum atomic E-state index is -0.159. The molecular formula is C19H20N6O. The van der Waals surface area contributed by atoms with Crippen LogP contribution in [0.5, 0.6) is 0 Å². The fourth-order valence-corrected chi connectivity index (χ4v) is 2.71. The zero-order chi connectivity index (χ0) is 18.1. The number of hydrogen-bond donors (Lipinski definition) is 1. The van der Waals surface area contributed by atoms with Crippen molar-refractivity contribution in [3.63, 3.8) is 0 Å². The summed E-state index contributed by atoms with van der Waals surface area (Å²) in [4.78, 5) is 9.15. The highest BCUT2D eigenvalue weighted by molar-refractivity contribution is 5.66. The fourth-order valence-electron chi connectivity index (χ4n) is 2.71. The molecule has 7 nitrogen and oxygen atoms in total. The number of benzene rings is 1. The van der Waals surface area contributed by atoms with Crippen LogP contribution < -0.4 is 5.32 Å². The van der Waals surface area contributed by atoms with E-state index in [-0.39, 0.29) is 12.0 Å². The first-order chi connectivity index (χ1) is 12.6. The Morgan fingerprint density at radius 3 is 2.58 bits per heavy atom. The van der Waals surface area contributed by atoms with Gasteiger partial charge in [-0.2, -0.15) is 14.6 Å². The van der Waals surface area contributed by atoms with Gasteiger partial charge in [0.2, 0.25) is 5.89 Å². The maximum absolute atomic E-state index is 5.40. The van der Waals surface area contributed by atoms with Gasteiger partial charge in [-0.1, -0.05) is 49.3 Å². The van der Waals surface area contributed by atoms with Crippen molar-refractivity contribution >= 4 is 11.5 Å². The predicted molar refractivity (Wildman–Crippen MR) is 98.8 cm³/mol. The molecule has 3 heterocycles. The Balaban J connectivity index is 1.69. The summed E-state index contributed by atoms with van der Waals surface area (Å²) in [6, 6.07) is 13.8. The molecule has 0 aliphatic heterocycles. The van der Waals surface area contributed by atoms with Crippen LogP contribution in [-0.2, 0) is 0 Å². The van der Waals surface area contributed by atoms with Gasteiger partial charge in [-0.3, -0.25) is 0 Å². The van der Waals surface area contributed by atoms with Crippen LogP contribution in [0.1, 0.15) is 44.4 Å². The topological polar surface area (TPSA) is 81.1 Å². The molecule has 4 rings (SSSR count). The Labute approximate surface area is 151 Å². The quantitative estimate of drug-likeness (QED) is 0.585. The third-order valence-electron chi connectivity index (χ3n) is 4.14. The zero-order valence-electron chi connectivity index (χ0n) is 14.9. The first kappa shape index (κ1) is 16.3. The van der Waals surface area contributed by atoms with Gasteiger partial charge in [0.15, 0.2) is 11.5 Å². The van der Waals surface area contributed by atoms with Gasteiger partial charge in [-0.25, -0.2) is 4.98 Å². The van der Waals surface area contributed by atoms with Crippen LogP contribution in [0.2, 0.25) is 0 Å². The van der Waals surface area contributed by atoms with Crippen molar-refractivity contribution in [2.24, 2.45) is 0 Å². The first-order valence-electron chi connectivity index (χ1n) is 8.62. The summed E-state index contributed by atoms with van der Waals surface area (Å²) in [6.07, 6.45) is 1.73. The second-order valence-corrected chi connectivity index (χ2v) is 6.51. The predicted octanol–water partition coefficient (Wildman–Crippen LogP) is 4.08. The van der Waals surface area contributed by atoms with E-state index in [0.29, 0.717) is 11.7 Å². The van der Waals surface area contributed by atoms with Gasteiger partial charge in [0.1, 0.15) is 11.9 Å². The number of anilines is 1. The van der Waals surface area contributed by atoms with Crippen molar-refractivity contribution in [3.05, 3.63) is 60.4 Å². The van der Waals surface area contributed by atoms with E-state index in [1.54, 1.807) is 10.7 Å². The van der Waals surface area contributed by atoms with Crippen LogP contribution >= 0.6 is 0 Å². The van der Waals surface area contributed by atoms with Crippen molar-refractivity contribution in [2.75, 3.05) is 5.32 Å². The summed E-state index contributed by atoms with van der Waals surface area (Å²) < 4.78 is 7.17. The molecule has 0 saturated carbocycles. The number of rotatable bonds is 5. The fraction of sp³-hybridized carbons (Fsp3) is 0.263. The number of nitrogens with zero attached hydrogens (tertiary/aromatic N) is 5. The van der Waals surface area contributed by atoms with Crippen LogP contribution in [-0.4, -0.2) is 24.7 Å². The van der Waals surface area contributed by atoms with Crippen LogP contribution in [0.4, 0.5) is 5.82 Å². The van der Waals surface area contributed by atoms with E-state index in [9.17, 15) is 0 Å². The highest BCUT2D eigenvalue weighted by Gasteiger charge is 2.18. The van der Waals surface area contributed by atoms with Gasteiger partial charge in [0.05, 0.1) is 11.9 Å². The lowest BCUT2D eigenvalue weighted by atomic mass is 10.1. The second kappa shape index (κ2) is 6.59.